The van der Waals surface area contributed by atoms with Gasteiger partial charge in [0.25, 0.3) is 5.91 Å². The summed E-state index contributed by atoms with van der Waals surface area (Å²) in [5.41, 5.74) is 15.3. The van der Waals surface area contributed by atoms with Crippen LogP contribution in [0.15, 0.2) is 54.9 Å². The number of esters is 1. The zero-order valence-corrected chi connectivity index (χ0v) is 41.0. The van der Waals surface area contributed by atoms with Crippen molar-refractivity contribution < 1.29 is 43.3 Å². The number of likely N-dealkylation sites (N-methyl/N-ethyl adjacent to an activating group) is 2. The number of pyridine rings is 1. The van der Waals surface area contributed by atoms with E-state index in [-0.39, 0.29) is 44.3 Å². The Morgan fingerprint density at radius 3 is 2.49 bits per heavy atom. The van der Waals surface area contributed by atoms with Crippen molar-refractivity contribution in [2.24, 2.45) is 17.1 Å². The van der Waals surface area contributed by atoms with Gasteiger partial charge in [0.05, 0.1) is 38.0 Å². The number of aromatic nitrogens is 2. The van der Waals surface area contributed by atoms with E-state index in [9.17, 15) is 33.9 Å². The van der Waals surface area contributed by atoms with Gasteiger partial charge in [-0.3, -0.25) is 38.8 Å². The van der Waals surface area contributed by atoms with E-state index in [0.717, 1.165) is 38.9 Å². The fourth-order valence-corrected chi connectivity index (χ4v) is 9.88. The van der Waals surface area contributed by atoms with Gasteiger partial charge in [-0.25, -0.2) is 5.43 Å². The monoisotopic (exact) mass is 950 g/mol. The molecule has 0 saturated carbocycles. The Hall–Kier alpha value is -6.37. The number of phenols is 1. The van der Waals surface area contributed by atoms with Gasteiger partial charge in [-0.1, -0.05) is 39.8 Å². The van der Waals surface area contributed by atoms with Gasteiger partial charge < -0.3 is 44.9 Å². The first kappa shape index (κ1) is 50.5. The van der Waals surface area contributed by atoms with Crippen molar-refractivity contribution in [2.45, 2.75) is 104 Å². The quantitative estimate of drug-likeness (QED) is 0.150. The zero-order valence-electron chi connectivity index (χ0n) is 41.0. The number of amides is 5. The molecule has 0 spiro atoms. The number of hydrazine groups is 1. The summed E-state index contributed by atoms with van der Waals surface area (Å²) in [4.78, 5) is 90.7. The minimum atomic E-state index is -1.22. The maximum absolute atomic E-state index is 14.7. The fraction of sp³-hybridized carbons (Fsp3) is 0.510. The summed E-state index contributed by atoms with van der Waals surface area (Å²) in [6, 6.07) is 9.45. The van der Waals surface area contributed by atoms with Crippen LogP contribution < -0.4 is 16.5 Å². The molecule has 2 aromatic carbocycles. The highest BCUT2D eigenvalue weighted by Crippen LogP contribution is 2.41. The van der Waals surface area contributed by atoms with Crippen molar-refractivity contribution >= 4 is 46.4 Å². The Bertz CT molecular complexity index is 2610. The predicted octanol–water partition coefficient (Wildman–Crippen LogP) is 3.39. The minimum absolute atomic E-state index is 0.0397. The van der Waals surface area contributed by atoms with Crippen LogP contribution in [0.5, 0.6) is 5.75 Å². The molecule has 0 unspecified atom stereocenters. The largest absolute Gasteiger partial charge is 0.508 e. The first-order valence-corrected chi connectivity index (χ1v) is 23.8. The molecule has 0 aliphatic carbocycles. The molecule has 5 heterocycles. The molecule has 370 valence electrons. The number of carbonyl (C=O) groups excluding carboxylic acids is 6. The van der Waals surface area contributed by atoms with Crippen molar-refractivity contribution in [3.63, 3.8) is 0 Å². The molecule has 6 bridgehead atoms. The number of ether oxygens (including phenoxy) is 2. The number of aryl methyl sites for hydroxylation is 1. The molecule has 18 heteroatoms. The van der Waals surface area contributed by atoms with Gasteiger partial charge in [0.1, 0.15) is 23.9 Å². The first-order chi connectivity index (χ1) is 32.8. The predicted molar refractivity (Wildman–Crippen MR) is 259 cm³/mol. The van der Waals surface area contributed by atoms with Crippen molar-refractivity contribution in [1.82, 2.24) is 40.0 Å². The summed E-state index contributed by atoms with van der Waals surface area (Å²) in [6.07, 6.45) is 5.42. The summed E-state index contributed by atoms with van der Waals surface area (Å²) in [5, 5.41) is 16.6. The van der Waals surface area contributed by atoms with Crippen LogP contribution in [0, 0.1) is 11.3 Å². The molecule has 5 N–H and O–H groups in total. The molecule has 4 atom stereocenters. The maximum Gasteiger partial charge on any atom is 0.324 e. The second-order valence-electron chi connectivity index (χ2n) is 19.8. The van der Waals surface area contributed by atoms with Crippen LogP contribution in [-0.4, -0.2) is 148 Å². The number of likely N-dealkylation sites (tertiary alicyclic amines) is 1. The molecule has 3 aliphatic heterocycles. The molecule has 7 rings (SSSR count). The van der Waals surface area contributed by atoms with E-state index in [2.05, 4.69) is 53.2 Å². The van der Waals surface area contributed by atoms with Crippen LogP contribution in [0.4, 0.5) is 0 Å². The lowest BCUT2D eigenvalue weighted by molar-refractivity contribution is -0.155. The number of aromatic hydroxyl groups is 1. The molecular formula is C51H67N9O9. The van der Waals surface area contributed by atoms with Gasteiger partial charge in [-0.05, 0) is 96.7 Å². The number of methoxy groups -OCH3 is 1. The zero-order chi connectivity index (χ0) is 49.9. The van der Waals surface area contributed by atoms with Crippen LogP contribution in [-0.2, 0) is 64.2 Å². The molecule has 2 fully saturated rings. The minimum Gasteiger partial charge on any atom is -0.508 e. The standard InChI is InChI=1S/C51H67N9O9/c1-9-59-42-13-12-32-23-36(42)37(46(59)38-25-53-16-14-33(38)28-68-8)24-51(4,5)29-69-50(67)40-11-10-17-60(55-40)49(66)41(21-31-19-34(32)22-35(61)20-31)54-47(64)45(30(2)3)57(7)44(63)26-56(6)43(62)27-58-18-15-39(52)48(58)65/h12-14,16,19-20,22-23,25,30,39-41,45,55,61H,9-11,15,17-18,21,24,26-29,52H2,1-8H3,(H,54,64)/t39-,40+,41+,45+/m1/s1. The van der Waals surface area contributed by atoms with Gasteiger partial charge >= 0.3 is 5.97 Å². The number of nitrogens with zero attached hydrogens (tertiary/aromatic N) is 6. The lowest BCUT2D eigenvalue weighted by Crippen LogP contribution is -2.62. The highest BCUT2D eigenvalue weighted by molar-refractivity contribution is 5.96. The van der Waals surface area contributed by atoms with Crippen molar-refractivity contribution in [3.8, 4) is 28.1 Å². The summed E-state index contributed by atoms with van der Waals surface area (Å²) in [7, 11) is 4.59. The molecular weight excluding hydrogens is 883 g/mol. The van der Waals surface area contributed by atoms with E-state index in [1.165, 1.54) is 33.8 Å². The van der Waals surface area contributed by atoms with Crippen molar-refractivity contribution in [2.75, 3.05) is 54.0 Å². The summed E-state index contributed by atoms with van der Waals surface area (Å²) in [6.45, 7) is 10.9. The van der Waals surface area contributed by atoms with Gasteiger partial charge in [0, 0.05) is 81.5 Å². The molecule has 2 aromatic heterocycles. The average Bonchev–Trinajstić information content (AvgIpc) is 3.79. The molecule has 5 amide bonds. The van der Waals surface area contributed by atoms with E-state index in [1.54, 1.807) is 39.3 Å². The van der Waals surface area contributed by atoms with E-state index in [0.29, 0.717) is 56.5 Å². The van der Waals surface area contributed by atoms with Gasteiger partial charge in [0.2, 0.25) is 23.6 Å². The molecule has 3 aliphatic rings. The second-order valence-corrected chi connectivity index (χ2v) is 19.8. The Kier molecular flexibility index (Phi) is 15.4. The van der Waals surface area contributed by atoms with Gasteiger partial charge in [-0.2, -0.15) is 0 Å². The van der Waals surface area contributed by atoms with Crippen molar-refractivity contribution in [1.29, 1.82) is 0 Å². The summed E-state index contributed by atoms with van der Waals surface area (Å²) >= 11 is 0. The van der Waals surface area contributed by atoms with Crippen LogP contribution in [0.1, 0.15) is 70.6 Å². The molecule has 18 nitrogen and oxygen atoms in total. The number of fused-ring (bicyclic) bond motifs is 6. The Morgan fingerprint density at radius 2 is 1.80 bits per heavy atom. The average molecular weight is 950 g/mol. The molecule has 2 saturated heterocycles. The Morgan fingerprint density at radius 1 is 1.03 bits per heavy atom. The van der Waals surface area contributed by atoms with Gasteiger partial charge in [-0.15, -0.1) is 0 Å². The highest BCUT2D eigenvalue weighted by Gasteiger charge is 2.38. The number of nitrogens with one attached hydrogen (secondary N) is 2. The number of nitrogens with two attached hydrogens (primary N) is 1. The van der Waals surface area contributed by atoms with Gasteiger partial charge in [0.15, 0.2) is 0 Å². The van der Waals surface area contributed by atoms with Crippen LogP contribution in [0.25, 0.3) is 33.3 Å². The van der Waals surface area contributed by atoms with Crippen LogP contribution in [0.2, 0.25) is 0 Å². The number of benzene rings is 2. The third-order valence-electron chi connectivity index (χ3n) is 13.5. The van der Waals surface area contributed by atoms with Crippen molar-refractivity contribution in [3.05, 3.63) is 71.5 Å². The molecule has 4 aromatic rings. The van der Waals surface area contributed by atoms with Crippen LogP contribution in [0.3, 0.4) is 0 Å². The second kappa shape index (κ2) is 21.1. The lowest BCUT2D eigenvalue weighted by Gasteiger charge is -2.37. The maximum atomic E-state index is 14.7. The third-order valence-corrected chi connectivity index (χ3v) is 13.5. The SMILES string of the molecule is CCn1c(-c2cnccc2COC)c2c3cc(ccc31)-c1cc(O)cc(c1)C[C@H](NC(=O)[C@H](C(C)C)N(C)C(=O)CN(C)C(=O)CN1CC[C@@H](N)C1=O)C(=O)N1CCC[C@H](N1)C(=O)OCC(C)(C)C2. The molecule has 0 radical (unpaired) electrons. The van der Waals surface area contributed by atoms with E-state index in [4.69, 9.17) is 15.2 Å². The third kappa shape index (κ3) is 11.1. The number of hydrogen-bond acceptors (Lipinski definition) is 12. The summed E-state index contributed by atoms with van der Waals surface area (Å²) < 4.78 is 14.0. The number of rotatable bonds is 12. The highest BCUT2D eigenvalue weighted by atomic mass is 16.5. The number of cyclic esters (lactones) is 1. The smallest absolute Gasteiger partial charge is 0.324 e. The van der Waals surface area contributed by atoms with E-state index >= 15 is 0 Å². The number of hydrogen-bond donors (Lipinski definition) is 4. The Labute approximate surface area is 403 Å². The van der Waals surface area contributed by atoms with E-state index in [1.807, 2.05) is 24.4 Å². The lowest BCUT2D eigenvalue weighted by atomic mass is 9.84. The molecule has 69 heavy (non-hydrogen) atoms. The normalized spacial score (nSPS) is 20.1. The van der Waals surface area contributed by atoms with E-state index < -0.39 is 65.1 Å². The Balaban J connectivity index is 1.25. The topological polar surface area (TPSA) is 222 Å². The fourth-order valence-electron chi connectivity index (χ4n) is 9.88. The van der Waals surface area contributed by atoms with Crippen LogP contribution >= 0.6 is 0 Å². The first-order valence-electron chi connectivity index (χ1n) is 23.8. The number of carbonyl (C=O) groups is 6. The number of phenolic OH excluding ortho intramolecular Hbond substituents is 1. The summed E-state index contributed by atoms with van der Waals surface area (Å²) in [5.74, 6) is -3.42.